The van der Waals surface area contributed by atoms with Crippen LogP contribution in [0.1, 0.15) is 37.7 Å². The van der Waals surface area contributed by atoms with Crippen LogP contribution in [-0.4, -0.2) is 36.0 Å². The van der Waals surface area contributed by atoms with E-state index in [4.69, 9.17) is 9.47 Å². The fourth-order valence-corrected chi connectivity index (χ4v) is 5.32. The van der Waals surface area contributed by atoms with Gasteiger partial charge in [0.15, 0.2) is 11.5 Å². The molecule has 1 aliphatic carbocycles. The number of fused-ring (bicyclic) bond motifs is 1. The molecule has 3 nitrogen and oxygen atoms in total. The van der Waals surface area contributed by atoms with E-state index in [2.05, 4.69) is 42.8 Å². The van der Waals surface area contributed by atoms with E-state index in [-0.39, 0.29) is 0 Å². The van der Waals surface area contributed by atoms with Crippen LogP contribution < -0.4 is 9.47 Å². The van der Waals surface area contributed by atoms with Gasteiger partial charge in [-0.15, -0.1) is 0 Å². The molecule has 0 unspecified atom stereocenters. The van der Waals surface area contributed by atoms with Crippen molar-refractivity contribution in [2.24, 2.45) is 0 Å². The maximum absolute atomic E-state index is 5.45. The van der Waals surface area contributed by atoms with Crippen LogP contribution in [0.3, 0.4) is 0 Å². The summed E-state index contributed by atoms with van der Waals surface area (Å²) < 4.78 is 12.2. The standard InChI is InChI=1S/C17H23Br2NO2/c1-21-14-9-12(13(18)10-15(14)22-2)11-20-8-7-17(19)6-4-3-5-16(17)20/h9-10,16H,3-8,11H2,1-2H3/t16-,17+/m0/s1. The lowest BCUT2D eigenvalue weighted by molar-refractivity contribution is 0.192. The van der Waals surface area contributed by atoms with E-state index in [1.165, 1.54) is 37.7 Å². The molecule has 1 saturated heterocycles. The molecule has 3 rings (SSSR count). The Balaban J connectivity index is 1.81. The van der Waals surface area contributed by atoms with Crippen LogP contribution in [0, 0.1) is 0 Å². The van der Waals surface area contributed by atoms with Gasteiger partial charge in [0.1, 0.15) is 0 Å². The van der Waals surface area contributed by atoms with E-state index >= 15 is 0 Å². The summed E-state index contributed by atoms with van der Waals surface area (Å²) in [5.74, 6) is 1.57. The van der Waals surface area contributed by atoms with Gasteiger partial charge < -0.3 is 9.47 Å². The number of rotatable bonds is 4. The van der Waals surface area contributed by atoms with Crippen molar-refractivity contribution in [2.75, 3.05) is 20.8 Å². The molecule has 0 aromatic heterocycles. The summed E-state index contributed by atoms with van der Waals surface area (Å²) in [5, 5.41) is 0. The zero-order valence-electron chi connectivity index (χ0n) is 13.2. The highest BCUT2D eigenvalue weighted by atomic mass is 79.9. The minimum absolute atomic E-state index is 0.342. The highest BCUT2D eigenvalue weighted by molar-refractivity contribution is 9.10. The molecule has 0 amide bonds. The summed E-state index contributed by atoms with van der Waals surface area (Å²) in [5.41, 5.74) is 1.26. The van der Waals surface area contributed by atoms with Gasteiger partial charge in [0.05, 0.1) is 14.2 Å². The molecule has 122 valence electrons. The van der Waals surface area contributed by atoms with Crippen LogP contribution >= 0.6 is 31.9 Å². The van der Waals surface area contributed by atoms with Gasteiger partial charge in [0, 0.05) is 27.9 Å². The zero-order valence-corrected chi connectivity index (χ0v) is 16.4. The predicted molar refractivity (Wildman–Crippen MR) is 96.2 cm³/mol. The summed E-state index contributed by atoms with van der Waals surface area (Å²) in [6.45, 7) is 2.12. The first-order valence-corrected chi connectivity index (χ1v) is 9.49. The molecule has 1 aromatic rings. The fourth-order valence-electron chi connectivity index (χ4n) is 3.89. The lowest BCUT2D eigenvalue weighted by atomic mass is 9.85. The lowest BCUT2D eigenvalue weighted by Gasteiger charge is -2.38. The molecule has 22 heavy (non-hydrogen) atoms. The minimum Gasteiger partial charge on any atom is -0.493 e. The third kappa shape index (κ3) is 3.04. The summed E-state index contributed by atoms with van der Waals surface area (Å²) >= 11 is 7.73. The van der Waals surface area contributed by atoms with Gasteiger partial charge >= 0.3 is 0 Å². The summed E-state index contributed by atoms with van der Waals surface area (Å²) in [6, 6.07) is 4.76. The second-order valence-electron chi connectivity index (χ2n) is 6.32. The van der Waals surface area contributed by atoms with Gasteiger partial charge in [-0.25, -0.2) is 0 Å². The SMILES string of the molecule is COc1cc(Br)c(CN2CC[C@]3(Br)CCCC[C@H]23)cc1OC. The van der Waals surface area contributed by atoms with Gasteiger partial charge in [-0.3, -0.25) is 4.90 Å². The Labute approximate surface area is 149 Å². The molecule has 2 fully saturated rings. The molecular formula is C17H23Br2NO2. The maximum atomic E-state index is 5.45. The molecule has 5 heteroatoms. The van der Waals surface area contributed by atoms with Crippen LogP contribution in [0.15, 0.2) is 16.6 Å². The number of methoxy groups -OCH3 is 2. The van der Waals surface area contributed by atoms with E-state index in [0.29, 0.717) is 10.4 Å². The summed E-state index contributed by atoms with van der Waals surface area (Å²) in [4.78, 5) is 2.62. The Morgan fingerprint density at radius 2 is 1.91 bits per heavy atom. The Bertz CT molecular complexity index is 552. The molecule has 1 aromatic carbocycles. The van der Waals surface area contributed by atoms with Crippen molar-refractivity contribution in [1.82, 2.24) is 4.90 Å². The van der Waals surface area contributed by atoms with Crippen LogP contribution in [0.2, 0.25) is 0 Å². The van der Waals surface area contributed by atoms with Crippen LogP contribution in [-0.2, 0) is 6.54 Å². The Morgan fingerprint density at radius 3 is 2.64 bits per heavy atom. The topological polar surface area (TPSA) is 21.7 Å². The Morgan fingerprint density at radius 1 is 1.18 bits per heavy atom. The van der Waals surface area contributed by atoms with Crippen LogP contribution in [0.5, 0.6) is 11.5 Å². The number of halogens is 2. The normalized spacial score (nSPS) is 28.5. The average molecular weight is 433 g/mol. The van der Waals surface area contributed by atoms with E-state index < -0.39 is 0 Å². The van der Waals surface area contributed by atoms with Crippen molar-refractivity contribution < 1.29 is 9.47 Å². The molecular weight excluding hydrogens is 410 g/mol. The first-order valence-electron chi connectivity index (χ1n) is 7.91. The molecule has 2 aliphatic rings. The second kappa shape index (κ2) is 6.70. The number of likely N-dealkylation sites (tertiary alicyclic amines) is 1. The third-order valence-electron chi connectivity index (χ3n) is 5.10. The molecule has 2 atom stereocenters. The van der Waals surface area contributed by atoms with Crippen molar-refractivity contribution in [2.45, 2.75) is 49.0 Å². The van der Waals surface area contributed by atoms with Crippen molar-refractivity contribution in [1.29, 1.82) is 0 Å². The largest absolute Gasteiger partial charge is 0.493 e. The third-order valence-corrected chi connectivity index (χ3v) is 7.16. The van der Waals surface area contributed by atoms with Gasteiger partial charge in [-0.1, -0.05) is 44.7 Å². The number of alkyl halides is 1. The van der Waals surface area contributed by atoms with E-state index in [1.807, 2.05) is 6.07 Å². The Hall–Kier alpha value is -0.260. The van der Waals surface area contributed by atoms with Crippen molar-refractivity contribution in [3.8, 4) is 11.5 Å². The maximum Gasteiger partial charge on any atom is 0.161 e. The zero-order chi connectivity index (χ0) is 15.7. The molecule has 0 bridgehead atoms. The number of hydrogen-bond donors (Lipinski definition) is 0. The van der Waals surface area contributed by atoms with Crippen LogP contribution in [0.4, 0.5) is 0 Å². The number of nitrogens with zero attached hydrogens (tertiary/aromatic N) is 1. The van der Waals surface area contributed by atoms with E-state index in [0.717, 1.165) is 29.1 Å². The Kier molecular flexibility index (Phi) is 5.05. The lowest BCUT2D eigenvalue weighted by Crippen LogP contribution is -2.42. The first-order chi connectivity index (χ1) is 10.6. The number of hydrogen-bond acceptors (Lipinski definition) is 3. The van der Waals surface area contributed by atoms with Crippen molar-refractivity contribution in [3.05, 3.63) is 22.2 Å². The van der Waals surface area contributed by atoms with E-state index in [1.54, 1.807) is 14.2 Å². The number of ether oxygens (including phenoxy) is 2. The molecule has 1 saturated carbocycles. The molecule has 1 heterocycles. The first kappa shape index (κ1) is 16.6. The smallest absolute Gasteiger partial charge is 0.161 e. The van der Waals surface area contributed by atoms with Gasteiger partial charge in [-0.05, 0) is 37.0 Å². The molecule has 1 aliphatic heterocycles. The molecule has 0 N–H and O–H groups in total. The number of benzene rings is 1. The monoisotopic (exact) mass is 431 g/mol. The summed E-state index contributed by atoms with van der Waals surface area (Å²) in [7, 11) is 3.36. The predicted octanol–water partition coefficient (Wildman–Crippen LogP) is 4.75. The molecule has 0 spiro atoms. The summed E-state index contributed by atoms with van der Waals surface area (Å²) in [6.07, 6.45) is 6.57. The molecule has 0 radical (unpaired) electrons. The fraction of sp³-hybridized carbons (Fsp3) is 0.647. The van der Waals surface area contributed by atoms with Gasteiger partial charge in [0.25, 0.3) is 0 Å². The quantitative estimate of drug-likeness (QED) is 0.641. The van der Waals surface area contributed by atoms with Crippen LogP contribution in [0.25, 0.3) is 0 Å². The van der Waals surface area contributed by atoms with E-state index in [9.17, 15) is 0 Å². The second-order valence-corrected chi connectivity index (χ2v) is 8.75. The highest BCUT2D eigenvalue weighted by Gasteiger charge is 2.46. The average Bonchev–Trinajstić information content (AvgIpc) is 2.85. The van der Waals surface area contributed by atoms with Gasteiger partial charge in [-0.2, -0.15) is 0 Å². The highest BCUT2D eigenvalue weighted by Crippen LogP contribution is 2.47. The van der Waals surface area contributed by atoms with Crippen molar-refractivity contribution >= 4 is 31.9 Å². The minimum atomic E-state index is 0.342. The van der Waals surface area contributed by atoms with Crippen molar-refractivity contribution in [3.63, 3.8) is 0 Å². The van der Waals surface area contributed by atoms with Gasteiger partial charge in [0.2, 0.25) is 0 Å².